The van der Waals surface area contributed by atoms with E-state index in [-0.39, 0.29) is 5.91 Å². The summed E-state index contributed by atoms with van der Waals surface area (Å²) in [6.07, 6.45) is 8.90. The van der Waals surface area contributed by atoms with Gasteiger partial charge in [0.15, 0.2) is 11.4 Å². The first-order valence-corrected chi connectivity index (χ1v) is 12.4. The van der Waals surface area contributed by atoms with E-state index in [2.05, 4.69) is 36.6 Å². The van der Waals surface area contributed by atoms with Crippen molar-refractivity contribution in [1.29, 1.82) is 0 Å². The highest BCUT2D eigenvalue weighted by atomic mass is 32.2. The number of hydrogen-bond donors (Lipinski definition) is 2. The van der Waals surface area contributed by atoms with E-state index in [9.17, 15) is 9.59 Å². The molecule has 1 aliphatic rings. The van der Waals surface area contributed by atoms with Crippen molar-refractivity contribution in [3.63, 3.8) is 0 Å². The maximum atomic E-state index is 11.9. The zero-order chi connectivity index (χ0) is 24.5. The minimum absolute atomic E-state index is 0.294. The van der Waals surface area contributed by atoms with Crippen LogP contribution in [0.2, 0.25) is 0 Å². The van der Waals surface area contributed by atoms with E-state index >= 15 is 0 Å². The molecule has 1 fully saturated rings. The maximum absolute atomic E-state index is 11.9. The molecule has 0 saturated carbocycles. The number of pyridine rings is 1. The summed E-state index contributed by atoms with van der Waals surface area (Å²) >= 11 is 0.831. The molecule has 1 aliphatic heterocycles. The highest BCUT2D eigenvalue weighted by Crippen LogP contribution is 2.22. The number of nitrogens with one attached hydrogen (secondary N) is 2. The molecule has 10 heteroatoms. The number of thioether (sulfide) groups is 1. The van der Waals surface area contributed by atoms with Crippen LogP contribution in [0.25, 0.3) is 17.5 Å². The molecule has 0 unspecified atom stereocenters. The molecular formula is C25H28N6O3S. The molecule has 1 amide bonds. The van der Waals surface area contributed by atoms with Crippen LogP contribution in [0.1, 0.15) is 24.1 Å². The molecule has 0 aromatic carbocycles. The van der Waals surface area contributed by atoms with Gasteiger partial charge in [-0.25, -0.2) is 9.97 Å². The molecule has 0 atom stereocenters. The van der Waals surface area contributed by atoms with Crippen molar-refractivity contribution in [3.05, 3.63) is 65.2 Å². The predicted molar refractivity (Wildman–Crippen MR) is 137 cm³/mol. The largest absolute Gasteiger partial charge is 0.463 e. The summed E-state index contributed by atoms with van der Waals surface area (Å²) < 4.78 is 5.38. The van der Waals surface area contributed by atoms with Gasteiger partial charge in [-0.3, -0.25) is 14.6 Å². The van der Waals surface area contributed by atoms with Crippen LogP contribution in [0.5, 0.6) is 0 Å². The molecule has 4 heterocycles. The Morgan fingerprint density at radius 2 is 2.09 bits per heavy atom. The van der Waals surface area contributed by atoms with E-state index in [0.29, 0.717) is 28.1 Å². The molecular weight excluding hydrogens is 464 g/mol. The normalized spacial score (nSPS) is 14.7. The lowest BCUT2D eigenvalue weighted by Gasteiger charge is -2.32. The molecule has 0 spiro atoms. The number of carbonyl (C=O) groups excluding carboxylic acids is 2. The summed E-state index contributed by atoms with van der Waals surface area (Å²) in [4.78, 5) is 38.8. The van der Waals surface area contributed by atoms with E-state index in [4.69, 9.17) is 4.42 Å². The quantitative estimate of drug-likeness (QED) is 0.325. The summed E-state index contributed by atoms with van der Waals surface area (Å²) in [5, 5.41) is 6.08. The Kier molecular flexibility index (Phi) is 8.63. The predicted octanol–water partition coefficient (Wildman–Crippen LogP) is 3.15. The van der Waals surface area contributed by atoms with E-state index in [0.717, 1.165) is 67.8 Å². The van der Waals surface area contributed by atoms with Crippen molar-refractivity contribution in [3.8, 4) is 11.5 Å². The van der Waals surface area contributed by atoms with E-state index < -0.39 is 0 Å². The second-order valence-corrected chi connectivity index (χ2v) is 9.04. The minimum atomic E-state index is -0.320. The Balaban J connectivity index is 1.25. The number of furan rings is 1. The Bertz CT molecular complexity index is 1140. The van der Waals surface area contributed by atoms with Crippen LogP contribution in [-0.4, -0.2) is 53.2 Å². The fourth-order valence-electron chi connectivity index (χ4n) is 3.91. The van der Waals surface area contributed by atoms with Crippen molar-refractivity contribution >= 4 is 35.3 Å². The number of carbonyl (C=O) groups is 2. The first kappa shape index (κ1) is 24.6. The lowest BCUT2D eigenvalue weighted by molar-refractivity contribution is -0.116. The maximum Gasteiger partial charge on any atom is 0.257 e. The molecule has 182 valence electrons. The lowest BCUT2D eigenvalue weighted by atomic mass is 9.97. The van der Waals surface area contributed by atoms with Gasteiger partial charge in [-0.2, -0.15) is 0 Å². The summed E-state index contributed by atoms with van der Waals surface area (Å²) in [5.41, 5.74) is 3.20. The van der Waals surface area contributed by atoms with Gasteiger partial charge in [0.2, 0.25) is 5.95 Å². The van der Waals surface area contributed by atoms with Crippen LogP contribution in [-0.2, 0) is 16.1 Å². The Labute approximate surface area is 208 Å². The van der Waals surface area contributed by atoms with E-state index in [1.165, 1.54) is 7.05 Å². The lowest BCUT2D eigenvalue weighted by Crippen LogP contribution is -2.38. The molecule has 0 radical (unpaired) electrons. The molecule has 9 nitrogen and oxygen atoms in total. The number of aromatic nitrogens is 3. The van der Waals surface area contributed by atoms with Gasteiger partial charge in [0.25, 0.3) is 5.91 Å². The van der Waals surface area contributed by atoms with Crippen LogP contribution >= 0.6 is 11.8 Å². The van der Waals surface area contributed by atoms with Gasteiger partial charge in [0.05, 0.1) is 16.9 Å². The van der Waals surface area contributed by atoms with Gasteiger partial charge in [0.1, 0.15) is 5.69 Å². The standard InChI is InChI=1S/C25H28N6O3S/c1-26-24(33)23(35-17-32)13-20-6-9-28-25(30-20)31-10-7-18(8-11-31)14-27-15-19-4-5-21(29-16-19)22-3-2-12-34-22/h2-6,9,12-13,16-18,27H,7-8,10-11,14-15H2,1H3,(H,26,33)/b23-13-. The molecule has 4 rings (SSSR count). The third kappa shape index (κ3) is 6.77. The SMILES string of the molecule is CNC(=O)/C(=C/c1ccnc(N2CCC(CNCc3ccc(-c4ccco4)nc3)CC2)n1)SC=O. The smallest absolute Gasteiger partial charge is 0.257 e. The first-order valence-electron chi connectivity index (χ1n) is 11.5. The van der Waals surface area contributed by atoms with Crippen LogP contribution in [0.4, 0.5) is 5.95 Å². The number of anilines is 1. The van der Waals surface area contributed by atoms with Crippen molar-refractivity contribution in [2.24, 2.45) is 5.92 Å². The van der Waals surface area contributed by atoms with Gasteiger partial charge >= 0.3 is 0 Å². The van der Waals surface area contributed by atoms with Gasteiger partial charge in [-0.1, -0.05) is 6.07 Å². The number of amides is 1. The topological polar surface area (TPSA) is 113 Å². The fraction of sp³-hybridized carbons (Fsp3) is 0.320. The van der Waals surface area contributed by atoms with Crippen molar-refractivity contribution in [1.82, 2.24) is 25.6 Å². The van der Waals surface area contributed by atoms with Gasteiger partial charge in [-0.05, 0) is 73.0 Å². The summed E-state index contributed by atoms with van der Waals surface area (Å²) in [5.74, 6) is 1.67. The molecule has 3 aromatic rings. The Morgan fingerprint density at radius 3 is 2.77 bits per heavy atom. The third-order valence-corrected chi connectivity index (χ3v) is 6.48. The first-order chi connectivity index (χ1) is 17.2. The zero-order valence-electron chi connectivity index (χ0n) is 19.5. The summed E-state index contributed by atoms with van der Waals surface area (Å²) in [6.45, 7) is 3.44. The van der Waals surface area contributed by atoms with E-state index in [1.54, 1.807) is 24.6 Å². The highest BCUT2D eigenvalue weighted by Gasteiger charge is 2.21. The number of nitrogens with zero attached hydrogens (tertiary/aromatic N) is 4. The molecule has 35 heavy (non-hydrogen) atoms. The molecule has 3 aromatic heterocycles. The van der Waals surface area contributed by atoms with Crippen LogP contribution in [0, 0.1) is 5.92 Å². The van der Waals surface area contributed by atoms with Gasteiger partial charge in [0, 0.05) is 39.1 Å². The van der Waals surface area contributed by atoms with Crippen LogP contribution in [0.15, 0.2) is 58.3 Å². The zero-order valence-corrected chi connectivity index (χ0v) is 20.3. The number of piperidine rings is 1. The second kappa shape index (κ2) is 12.3. The number of hydrogen-bond acceptors (Lipinski definition) is 9. The monoisotopic (exact) mass is 492 g/mol. The van der Waals surface area contributed by atoms with Crippen molar-refractivity contribution in [2.75, 3.05) is 31.6 Å². The van der Waals surface area contributed by atoms with Gasteiger partial charge < -0.3 is 20.0 Å². The van der Waals surface area contributed by atoms with Crippen LogP contribution in [0.3, 0.4) is 0 Å². The average molecular weight is 493 g/mol. The minimum Gasteiger partial charge on any atom is -0.463 e. The summed E-state index contributed by atoms with van der Waals surface area (Å²) in [7, 11) is 1.53. The fourth-order valence-corrected chi connectivity index (χ4v) is 4.42. The highest BCUT2D eigenvalue weighted by molar-refractivity contribution is 8.16. The molecule has 0 aliphatic carbocycles. The third-order valence-electron chi connectivity index (χ3n) is 5.83. The molecule has 0 bridgehead atoms. The Hall–Kier alpha value is -3.50. The molecule has 2 N–H and O–H groups in total. The second-order valence-electron chi connectivity index (χ2n) is 8.17. The van der Waals surface area contributed by atoms with Crippen molar-refractivity contribution in [2.45, 2.75) is 19.4 Å². The summed E-state index contributed by atoms with van der Waals surface area (Å²) in [6, 6.07) is 9.54. The number of likely N-dealkylation sites (N-methyl/N-ethyl adjacent to an activating group) is 1. The van der Waals surface area contributed by atoms with Crippen molar-refractivity contribution < 1.29 is 14.0 Å². The van der Waals surface area contributed by atoms with Gasteiger partial charge in [-0.15, -0.1) is 0 Å². The number of rotatable bonds is 10. The van der Waals surface area contributed by atoms with E-state index in [1.807, 2.05) is 24.4 Å². The van der Waals surface area contributed by atoms with Crippen LogP contribution < -0.4 is 15.5 Å². The average Bonchev–Trinajstić information content (AvgIpc) is 3.44. The molecule has 1 saturated heterocycles. The Morgan fingerprint density at radius 1 is 1.23 bits per heavy atom.